The van der Waals surface area contributed by atoms with Crippen LogP contribution in [0.1, 0.15) is 34.6 Å². The third-order valence-corrected chi connectivity index (χ3v) is 6.08. The molecule has 1 atom stereocenters. The van der Waals surface area contributed by atoms with Crippen LogP contribution < -0.4 is 15.6 Å². The van der Waals surface area contributed by atoms with Crippen LogP contribution in [0.4, 0.5) is 5.82 Å². The maximum atomic E-state index is 12.9. The molecule has 0 fully saturated rings. The number of carbonyl (C=O) groups is 1. The zero-order valence-corrected chi connectivity index (χ0v) is 17.4. The minimum atomic E-state index is -0.477. The molecule has 8 heteroatoms. The molecule has 3 aromatic rings. The number of hydrogen-bond donors (Lipinski definition) is 3. The van der Waals surface area contributed by atoms with E-state index in [-0.39, 0.29) is 35.2 Å². The molecule has 1 amide bonds. The number of aromatic hydroxyl groups is 1. The Bertz CT molecular complexity index is 1180. The van der Waals surface area contributed by atoms with Gasteiger partial charge in [-0.2, -0.15) is 0 Å². The highest BCUT2D eigenvalue weighted by atomic mass is 32.2. The average molecular weight is 423 g/mol. The summed E-state index contributed by atoms with van der Waals surface area (Å²) in [5.41, 5.74) is 3.14. The molecule has 4 rings (SSSR count). The van der Waals surface area contributed by atoms with Gasteiger partial charge in [-0.25, -0.2) is 4.98 Å². The van der Waals surface area contributed by atoms with Crippen LogP contribution >= 0.6 is 11.8 Å². The molecule has 30 heavy (non-hydrogen) atoms. The molecule has 1 aromatic heterocycles. The van der Waals surface area contributed by atoms with E-state index in [4.69, 9.17) is 4.74 Å². The quantitative estimate of drug-likeness (QED) is 0.428. The number of rotatable bonds is 5. The second kappa shape index (κ2) is 8.23. The number of benzene rings is 2. The zero-order valence-electron chi connectivity index (χ0n) is 16.6. The number of thioether (sulfide) groups is 1. The fourth-order valence-corrected chi connectivity index (χ4v) is 4.47. The molecular formula is C22H21N3O4S. The van der Waals surface area contributed by atoms with Crippen LogP contribution in [0.15, 0.2) is 52.4 Å². The Morgan fingerprint density at radius 1 is 1.23 bits per heavy atom. The number of phenolic OH excluding ortho intramolecular Hbond substituents is 1. The Kier molecular flexibility index (Phi) is 5.50. The van der Waals surface area contributed by atoms with E-state index in [9.17, 15) is 14.7 Å². The number of hydrogen-bond acceptors (Lipinski definition) is 6. The normalized spacial score (nSPS) is 15.4. The molecule has 0 aliphatic carbocycles. The second-order valence-corrected chi connectivity index (χ2v) is 8.05. The first-order valence-electron chi connectivity index (χ1n) is 9.44. The number of ether oxygens (including phenoxy) is 1. The minimum absolute atomic E-state index is 0.00303. The standard InChI is InChI=1S/C22H21N3O4S/c1-12-5-3-4-6-14(12)11-30-22-24-20-19(21(28)25-22)15(10-18(27)23-20)13-7-8-16(26)17(9-13)29-2/h3-9,15,26H,10-11H2,1-2H3,(H2,23,24,25,27,28)/t15-/m0/s1. The van der Waals surface area contributed by atoms with E-state index in [1.54, 1.807) is 12.1 Å². The summed E-state index contributed by atoms with van der Waals surface area (Å²) in [6, 6.07) is 12.9. The maximum absolute atomic E-state index is 12.9. The van der Waals surface area contributed by atoms with Crippen LogP contribution in [-0.4, -0.2) is 28.1 Å². The fraction of sp³-hybridized carbons (Fsp3) is 0.227. The summed E-state index contributed by atoms with van der Waals surface area (Å²) in [6.07, 6.45) is 0.112. The van der Waals surface area contributed by atoms with Crippen molar-refractivity contribution in [2.24, 2.45) is 0 Å². The Labute approximate surface area is 177 Å². The number of phenols is 1. The lowest BCUT2D eigenvalue weighted by molar-refractivity contribution is -0.116. The lowest BCUT2D eigenvalue weighted by Crippen LogP contribution is -2.31. The predicted molar refractivity (Wildman–Crippen MR) is 115 cm³/mol. The number of aromatic nitrogens is 2. The molecular weight excluding hydrogens is 402 g/mol. The summed E-state index contributed by atoms with van der Waals surface area (Å²) in [6.45, 7) is 2.04. The van der Waals surface area contributed by atoms with Gasteiger partial charge in [0.1, 0.15) is 5.82 Å². The Balaban J connectivity index is 1.68. The third-order valence-electron chi connectivity index (χ3n) is 5.16. The molecule has 0 spiro atoms. The van der Waals surface area contributed by atoms with Crippen molar-refractivity contribution in [2.75, 3.05) is 12.4 Å². The van der Waals surface area contributed by atoms with Gasteiger partial charge >= 0.3 is 0 Å². The molecule has 0 saturated carbocycles. The van der Waals surface area contributed by atoms with E-state index < -0.39 is 5.92 Å². The van der Waals surface area contributed by atoms with Crippen LogP contribution in [0.25, 0.3) is 0 Å². The number of methoxy groups -OCH3 is 1. The number of aryl methyl sites for hydroxylation is 1. The van der Waals surface area contributed by atoms with Crippen molar-refractivity contribution < 1.29 is 14.6 Å². The van der Waals surface area contributed by atoms with Gasteiger partial charge < -0.3 is 20.1 Å². The Morgan fingerprint density at radius 3 is 2.80 bits per heavy atom. The van der Waals surface area contributed by atoms with Crippen LogP contribution in [-0.2, 0) is 10.5 Å². The molecule has 7 nitrogen and oxygen atoms in total. The first-order chi connectivity index (χ1) is 14.5. The molecule has 154 valence electrons. The average Bonchev–Trinajstić information content (AvgIpc) is 2.72. The number of amides is 1. The molecule has 1 aliphatic heterocycles. The van der Waals surface area contributed by atoms with E-state index >= 15 is 0 Å². The molecule has 1 aliphatic rings. The van der Waals surface area contributed by atoms with Gasteiger partial charge in [0.2, 0.25) is 5.91 Å². The van der Waals surface area contributed by atoms with E-state index in [1.807, 2.05) is 31.2 Å². The molecule has 2 aromatic carbocycles. The summed E-state index contributed by atoms with van der Waals surface area (Å²) in [5, 5.41) is 13.0. The molecule has 0 bridgehead atoms. The van der Waals surface area contributed by atoms with Crippen molar-refractivity contribution in [3.8, 4) is 11.5 Å². The monoisotopic (exact) mass is 423 g/mol. The van der Waals surface area contributed by atoms with Gasteiger partial charge in [-0.05, 0) is 35.7 Å². The summed E-state index contributed by atoms with van der Waals surface area (Å²) in [7, 11) is 1.45. The van der Waals surface area contributed by atoms with Gasteiger partial charge in [-0.3, -0.25) is 9.59 Å². The fourth-order valence-electron chi connectivity index (χ4n) is 3.53. The summed E-state index contributed by atoms with van der Waals surface area (Å²) >= 11 is 1.41. The predicted octanol–water partition coefficient (Wildman–Crippen LogP) is 3.56. The number of fused-ring (bicyclic) bond motifs is 1. The van der Waals surface area contributed by atoms with E-state index in [1.165, 1.54) is 30.5 Å². The Hall–Kier alpha value is -3.26. The van der Waals surface area contributed by atoms with Gasteiger partial charge in [0.05, 0.1) is 12.7 Å². The van der Waals surface area contributed by atoms with Crippen molar-refractivity contribution in [1.29, 1.82) is 0 Å². The summed E-state index contributed by atoms with van der Waals surface area (Å²) < 4.78 is 5.17. The number of aromatic amines is 1. The number of anilines is 1. The number of carbonyl (C=O) groups excluding carboxylic acids is 1. The van der Waals surface area contributed by atoms with Crippen molar-refractivity contribution in [1.82, 2.24) is 9.97 Å². The first kappa shape index (κ1) is 20.0. The van der Waals surface area contributed by atoms with Gasteiger partial charge in [0.15, 0.2) is 16.7 Å². The molecule has 2 heterocycles. The smallest absolute Gasteiger partial charge is 0.257 e. The highest BCUT2D eigenvalue weighted by Crippen LogP contribution is 2.38. The molecule has 0 radical (unpaired) electrons. The van der Waals surface area contributed by atoms with E-state index in [0.29, 0.717) is 22.0 Å². The van der Waals surface area contributed by atoms with Crippen molar-refractivity contribution >= 4 is 23.5 Å². The van der Waals surface area contributed by atoms with Gasteiger partial charge in [-0.15, -0.1) is 0 Å². The van der Waals surface area contributed by atoms with Crippen LogP contribution in [0, 0.1) is 6.92 Å². The maximum Gasteiger partial charge on any atom is 0.257 e. The van der Waals surface area contributed by atoms with Crippen molar-refractivity contribution in [2.45, 2.75) is 30.2 Å². The SMILES string of the molecule is COc1cc([C@@H]2CC(=O)Nc3nc(SCc4ccccc4C)[nH]c(=O)c32)ccc1O. The molecule has 0 unspecified atom stereocenters. The lowest BCUT2D eigenvalue weighted by atomic mass is 9.86. The Morgan fingerprint density at radius 2 is 2.03 bits per heavy atom. The highest BCUT2D eigenvalue weighted by molar-refractivity contribution is 7.98. The summed E-state index contributed by atoms with van der Waals surface area (Å²) in [4.78, 5) is 32.6. The van der Waals surface area contributed by atoms with Gasteiger partial charge in [0.25, 0.3) is 5.56 Å². The minimum Gasteiger partial charge on any atom is -0.504 e. The largest absolute Gasteiger partial charge is 0.504 e. The molecule has 3 N–H and O–H groups in total. The number of nitrogens with one attached hydrogen (secondary N) is 2. The van der Waals surface area contributed by atoms with E-state index in [2.05, 4.69) is 15.3 Å². The third kappa shape index (κ3) is 3.91. The van der Waals surface area contributed by atoms with E-state index in [0.717, 1.165) is 5.56 Å². The van der Waals surface area contributed by atoms with Crippen LogP contribution in [0.5, 0.6) is 11.5 Å². The lowest BCUT2D eigenvalue weighted by Gasteiger charge is -2.25. The second-order valence-electron chi connectivity index (χ2n) is 7.08. The number of H-pyrrole nitrogens is 1. The highest BCUT2D eigenvalue weighted by Gasteiger charge is 2.31. The van der Waals surface area contributed by atoms with Crippen LogP contribution in [0.3, 0.4) is 0 Å². The van der Waals surface area contributed by atoms with Gasteiger partial charge in [0, 0.05) is 18.1 Å². The topological polar surface area (TPSA) is 104 Å². The van der Waals surface area contributed by atoms with Gasteiger partial charge in [-0.1, -0.05) is 42.1 Å². The number of nitrogens with zero attached hydrogens (tertiary/aromatic N) is 1. The van der Waals surface area contributed by atoms with Crippen LogP contribution in [0.2, 0.25) is 0 Å². The first-order valence-corrected chi connectivity index (χ1v) is 10.4. The van der Waals surface area contributed by atoms with Crippen molar-refractivity contribution in [3.63, 3.8) is 0 Å². The zero-order chi connectivity index (χ0) is 21.3. The summed E-state index contributed by atoms with van der Waals surface area (Å²) in [5.74, 6) is 0.522. The van der Waals surface area contributed by atoms with Crippen molar-refractivity contribution in [3.05, 3.63) is 75.1 Å². The molecule has 0 saturated heterocycles.